The Morgan fingerprint density at radius 3 is 2.72 bits per heavy atom. The quantitative estimate of drug-likeness (QED) is 0.277. The third-order valence-electron chi connectivity index (χ3n) is 7.10. The molecule has 0 spiro atoms. The highest BCUT2D eigenvalue weighted by Crippen LogP contribution is 2.43. The molecule has 2 aliphatic heterocycles. The number of aromatic amines is 1. The maximum Gasteiger partial charge on any atom is 0.269 e. The lowest BCUT2D eigenvalue weighted by Gasteiger charge is -2.47. The molecule has 5 rings (SSSR count). The van der Waals surface area contributed by atoms with E-state index < -0.39 is 17.0 Å². The molecule has 1 aromatic heterocycles. The molecule has 188 valence electrons. The Morgan fingerprint density at radius 1 is 1.11 bits per heavy atom. The molecule has 36 heavy (non-hydrogen) atoms. The normalized spacial score (nSPS) is 19.5. The smallest absolute Gasteiger partial charge is 0.269 e. The third-order valence-corrected chi connectivity index (χ3v) is 7.10. The number of hydrogen-bond acceptors (Lipinski definition) is 5. The monoisotopic (exact) mass is 490 g/mol. The number of unbranched alkanes of at least 4 members (excludes halogenated alkanes) is 1. The largest absolute Gasteiger partial charge is 0.381 e. The fourth-order valence-electron chi connectivity index (χ4n) is 5.37. The molecule has 9 nitrogen and oxygen atoms in total. The van der Waals surface area contributed by atoms with Gasteiger partial charge in [0.25, 0.3) is 5.69 Å². The molecule has 2 atom stereocenters. The number of nitro benzene ring substituents is 1. The average Bonchev–Trinajstić information content (AvgIpc) is 3.26. The van der Waals surface area contributed by atoms with Crippen molar-refractivity contribution in [2.45, 2.75) is 44.7 Å². The van der Waals surface area contributed by atoms with Crippen molar-refractivity contribution in [1.29, 1.82) is 0 Å². The summed E-state index contributed by atoms with van der Waals surface area (Å²) in [7, 11) is 0. The lowest BCUT2D eigenvalue weighted by atomic mass is 9.86. The Balaban J connectivity index is 1.49. The topological polar surface area (TPSA) is 109 Å². The van der Waals surface area contributed by atoms with E-state index in [-0.39, 0.29) is 24.0 Å². The van der Waals surface area contributed by atoms with Crippen LogP contribution in [-0.4, -0.2) is 63.9 Å². The number of rotatable bonds is 9. The molecular weight excluding hydrogens is 460 g/mol. The highest BCUT2D eigenvalue weighted by Gasteiger charge is 2.48. The van der Waals surface area contributed by atoms with Crippen molar-refractivity contribution in [3.05, 3.63) is 75.5 Å². The summed E-state index contributed by atoms with van der Waals surface area (Å²) >= 11 is 0. The van der Waals surface area contributed by atoms with Crippen molar-refractivity contribution < 1.29 is 19.2 Å². The summed E-state index contributed by atoms with van der Waals surface area (Å²) in [5.41, 5.74) is 3.27. The Hall–Kier alpha value is -3.72. The first-order chi connectivity index (χ1) is 17.5. The second-order valence-corrected chi connectivity index (χ2v) is 9.42. The minimum Gasteiger partial charge on any atom is -0.381 e. The Kier molecular flexibility index (Phi) is 6.73. The molecule has 9 heteroatoms. The number of nitro groups is 1. The number of hydrogen-bond donors (Lipinski definition) is 1. The number of amides is 2. The van der Waals surface area contributed by atoms with Crippen LogP contribution >= 0.6 is 0 Å². The molecule has 0 aliphatic carbocycles. The molecule has 2 aliphatic rings. The fourth-order valence-corrected chi connectivity index (χ4v) is 5.37. The van der Waals surface area contributed by atoms with Crippen molar-refractivity contribution in [3.63, 3.8) is 0 Å². The first kappa shape index (κ1) is 24.0. The SMILES string of the molecule is CCCCOCCCN1CC(=O)N2[C@@H](c3cccc([N+](=O)[O-])c3)c3[nH]c4ccccc4c3C[C@@H]2C1=O. The summed E-state index contributed by atoms with van der Waals surface area (Å²) in [6.45, 7) is 3.81. The van der Waals surface area contributed by atoms with Gasteiger partial charge in [0.1, 0.15) is 6.04 Å². The maximum absolute atomic E-state index is 13.7. The summed E-state index contributed by atoms with van der Waals surface area (Å²) in [6, 6.07) is 12.9. The van der Waals surface area contributed by atoms with Crippen LogP contribution in [0.25, 0.3) is 10.9 Å². The number of nitrogens with one attached hydrogen (secondary N) is 1. The predicted molar refractivity (Wildman–Crippen MR) is 135 cm³/mol. The lowest BCUT2D eigenvalue weighted by Crippen LogP contribution is -2.63. The molecule has 3 heterocycles. The van der Waals surface area contributed by atoms with Gasteiger partial charge in [-0.05, 0) is 30.0 Å². The molecule has 0 radical (unpaired) electrons. The number of para-hydroxylation sites is 1. The van der Waals surface area contributed by atoms with E-state index in [1.54, 1.807) is 21.9 Å². The number of benzene rings is 2. The van der Waals surface area contributed by atoms with Gasteiger partial charge in [0.15, 0.2) is 0 Å². The van der Waals surface area contributed by atoms with Gasteiger partial charge in [-0.3, -0.25) is 19.7 Å². The summed E-state index contributed by atoms with van der Waals surface area (Å²) in [4.78, 5) is 45.0. The van der Waals surface area contributed by atoms with Crippen LogP contribution in [0.2, 0.25) is 0 Å². The zero-order chi connectivity index (χ0) is 25.2. The second kappa shape index (κ2) is 10.1. The van der Waals surface area contributed by atoms with Crippen molar-refractivity contribution in [3.8, 4) is 0 Å². The second-order valence-electron chi connectivity index (χ2n) is 9.42. The number of carbonyl (C=O) groups is 2. The molecule has 1 N–H and O–H groups in total. The van der Waals surface area contributed by atoms with Crippen LogP contribution in [0.1, 0.15) is 49.0 Å². The highest BCUT2D eigenvalue weighted by atomic mass is 16.6. The first-order valence-electron chi connectivity index (χ1n) is 12.5. The predicted octanol–water partition coefficient (Wildman–Crippen LogP) is 3.97. The van der Waals surface area contributed by atoms with Crippen molar-refractivity contribution >= 4 is 28.4 Å². The summed E-state index contributed by atoms with van der Waals surface area (Å²) < 4.78 is 5.63. The van der Waals surface area contributed by atoms with Gasteiger partial charge in [-0.15, -0.1) is 0 Å². The van der Waals surface area contributed by atoms with Gasteiger partial charge in [-0.1, -0.05) is 43.7 Å². The number of nitrogens with zero attached hydrogens (tertiary/aromatic N) is 3. The Bertz CT molecular complexity index is 1300. The van der Waals surface area contributed by atoms with E-state index in [0.29, 0.717) is 38.2 Å². The van der Waals surface area contributed by atoms with Crippen LogP contribution < -0.4 is 0 Å². The zero-order valence-electron chi connectivity index (χ0n) is 20.3. The van der Waals surface area contributed by atoms with Crippen molar-refractivity contribution in [1.82, 2.24) is 14.8 Å². The molecule has 1 fully saturated rings. The number of H-pyrrole nitrogens is 1. The molecule has 3 aromatic rings. The van der Waals surface area contributed by atoms with E-state index in [0.717, 1.165) is 35.0 Å². The van der Waals surface area contributed by atoms with Crippen LogP contribution in [0.15, 0.2) is 48.5 Å². The third kappa shape index (κ3) is 4.35. The van der Waals surface area contributed by atoms with E-state index in [1.165, 1.54) is 12.1 Å². The van der Waals surface area contributed by atoms with Crippen molar-refractivity contribution in [2.24, 2.45) is 0 Å². The van der Waals surface area contributed by atoms with Crippen molar-refractivity contribution in [2.75, 3.05) is 26.3 Å². The van der Waals surface area contributed by atoms with Crippen LogP contribution in [-0.2, 0) is 20.7 Å². The highest BCUT2D eigenvalue weighted by molar-refractivity contribution is 5.97. The van der Waals surface area contributed by atoms with Crippen LogP contribution in [0, 0.1) is 10.1 Å². The number of carbonyl (C=O) groups excluding carboxylic acids is 2. The Morgan fingerprint density at radius 2 is 1.92 bits per heavy atom. The van der Waals surface area contributed by atoms with Gasteiger partial charge < -0.3 is 19.5 Å². The van der Waals surface area contributed by atoms with Gasteiger partial charge in [0.2, 0.25) is 11.8 Å². The minimum absolute atomic E-state index is 0.00865. The molecule has 2 aromatic carbocycles. The summed E-state index contributed by atoms with van der Waals surface area (Å²) in [6.07, 6.45) is 3.14. The molecule has 1 saturated heterocycles. The van der Waals surface area contributed by atoms with Crippen LogP contribution in [0.4, 0.5) is 5.69 Å². The number of non-ortho nitro benzene ring substituents is 1. The molecule has 0 saturated carbocycles. The standard InChI is InChI=1S/C27H30N4O5/c1-2-3-13-36-14-7-12-29-17-24(32)30-23(27(29)33)16-21-20-10-4-5-11-22(20)28-25(21)26(30)18-8-6-9-19(15-18)31(34)35/h4-6,8-11,15,23,26,28H,2-3,7,12-14,16-17H2,1H3/t23-,26+/m1/s1. The molecule has 2 amide bonds. The fraction of sp³-hybridized carbons (Fsp3) is 0.407. The van der Waals surface area contributed by atoms with E-state index in [1.807, 2.05) is 24.3 Å². The lowest BCUT2D eigenvalue weighted by molar-refractivity contribution is -0.384. The van der Waals surface area contributed by atoms with Gasteiger partial charge in [-0.2, -0.15) is 0 Å². The number of fused-ring (bicyclic) bond motifs is 4. The molecular formula is C27H30N4O5. The van der Waals surface area contributed by atoms with Crippen LogP contribution in [0.5, 0.6) is 0 Å². The van der Waals surface area contributed by atoms with E-state index in [4.69, 9.17) is 4.74 Å². The summed E-state index contributed by atoms with van der Waals surface area (Å²) in [5.74, 6) is -0.248. The first-order valence-corrected chi connectivity index (χ1v) is 12.5. The Labute approximate surface area is 209 Å². The number of aromatic nitrogens is 1. The zero-order valence-corrected chi connectivity index (χ0v) is 20.3. The number of piperazine rings is 1. The van der Waals surface area contributed by atoms with E-state index in [2.05, 4.69) is 11.9 Å². The number of ether oxygens (including phenoxy) is 1. The maximum atomic E-state index is 13.7. The van der Waals surface area contributed by atoms with E-state index in [9.17, 15) is 19.7 Å². The average molecular weight is 491 g/mol. The van der Waals surface area contributed by atoms with Gasteiger partial charge >= 0.3 is 0 Å². The molecule has 0 bridgehead atoms. The van der Waals surface area contributed by atoms with Gasteiger partial charge in [-0.25, -0.2) is 0 Å². The molecule has 0 unspecified atom stereocenters. The van der Waals surface area contributed by atoms with Crippen LogP contribution in [0.3, 0.4) is 0 Å². The summed E-state index contributed by atoms with van der Waals surface area (Å²) in [5, 5.41) is 12.5. The minimum atomic E-state index is -0.664. The van der Waals surface area contributed by atoms with Gasteiger partial charge in [0.05, 0.1) is 17.5 Å². The van der Waals surface area contributed by atoms with Gasteiger partial charge in [0, 0.05) is 54.9 Å². The van der Waals surface area contributed by atoms with E-state index >= 15 is 0 Å².